The molecule has 0 spiro atoms. The number of hydrogen-bond acceptors (Lipinski definition) is 5. The number of hydrogen-bond donors (Lipinski definition) is 0. The van der Waals surface area contributed by atoms with Crippen molar-refractivity contribution in [1.82, 2.24) is 9.80 Å². The Labute approximate surface area is 158 Å². The molecule has 2 unspecified atom stereocenters. The number of epoxide rings is 2. The van der Waals surface area contributed by atoms with Crippen LogP contribution in [0.4, 0.5) is 0 Å². The van der Waals surface area contributed by atoms with Crippen LogP contribution in [-0.4, -0.2) is 68.2 Å². The minimum absolute atomic E-state index is 0.424. The van der Waals surface area contributed by atoms with Crippen LogP contribution in [0.1, 0.15) is 37.8 Å². The lowest BCUT2D eigenvalue weighted by molar-refractivity contribution is 0.0300. The van der Waals surface area contributed by atoms with E-state index < -0.39 is 0 Å². The van der Waals surface area contributed by atoms with Gasteiger partial charge in [-0.3, -0.25) is 9.80 Å². The maximum atomic E-state index is 5.65. The number of benzene rings is 1. The molecular weight excluding hydrogens is 328 g/mol. The first-order chi connectivity index (χ1) is 12.8. The van der Waals surface area contributed by atoms with Crippen LogP contribution in [0.15, 0.2) is 24.3 Å². The molecule has 0 bridgehead atoms. The summed E-state index contributed by atoms with van der Waals surface area (Å²) in [4.78, 5) is 4.88. The zero-order chi connectivity index (χ0) is 18.2. The fourth-order valence-electron chi connectivity index (χ4n) is 3.26. The van der Waals surface area contributed by atoms with Crippen molar-refractivity contribution >= 4 is 0 Å². The van der Waals surface area contributed by atoms with Gasteiger partial charge in [0.25, 0.3) is 0 Å². The van der Waals surface area contributed by atoms with Crippen molar-refractivity contribution in [3.05, 3.63) is 35.4 Å². The second kappa shape index (κ2) is 10.4. The topological polar surface area (TPSA) is 40.8 Å². The molecule has 0 aliphatic carbocycles. The Morgan fingerprint density at radius 3 is 2.15 bits per heavy atom. The highest BCUT2D eigenvalue weighted by molar-refractivity contribution is 5.23. The smallest absolute Gasteiger partial charge is 0.0992 e. The summed E-state index contributed by atoms with van der Waals surface area (Å²) in [7, 11) is 0. The van der Waals surface area contributed by atoms with Crippen LogP contribution in [-0.2, 0) is 27.3 Å². The van der Waals surface area contributed by atoms with Crippen LogP contribution in [0.25, 0.3) is 0 Å². The average Bonchev–Trinajstić information content (AvgIpc) is 3.55. The van der Waals surface area contributed by atoms with Gasteiger partial charge in [0.15, 0.2) is 0 Å². The standard InChI is InChI=1S/C21H34N2O3/c1-3-5-9-22(17-24-4-2)11-18-7-6-8-19(10-18)12-23(13-20-15-25-20)14-21-16-26-21/h6-8,10,20-21H,3-5,9,11-17H2,1-2H3. The van der Waals surface area contributed by atoms with E-state index in [1.165, 1.54) is 24.0 Å². The van der Waals surface area contributed by atoms with Crippen molar-refractivity contribution in [3.8, 4) is 0 Å². The minimum atomic E-state index is 0.424. The normalized spacial score (nSPS) is 21.5. The molecule has 0 amide bonds. The van der Waals surface area contributed by atoms with Crippen LogP contribution in [0.3, 0.4) is 0 Å². The Hall–Kier alpha value is -0.980. The molecule has 0 saturated carbocycles. The Balaban J connectivity index is 1.56. The van der Waals surface area contributed by atoms with E-state index in [0.29, 0.717) is 18.9 Å². The summed E-state index contributed by atoms with van der Waals surface area (Å²) in [6, 6.07) is 8.99. The first kappa shape index (κ1) is 19.8. The largest absolute Gasteiger partial charge is 0.372 e. The van der Waals surface area contributed by atoms with Gasteiger partial charge in [-0.05, 0) is 24.5 Å². The summed E-state index contributed by atoms with van der Waals surface area (Å²) >= 11 is 0. The van der Waals surface area contributed by atoms with Crippen LogP contribution < -0.4 is 0 Å². The van der Waals surface area contributed by atoms with Crippen molar-refractivity contribution in [2.24, 2.45) is 0 Å². The molecule has 2 heterocycles. The SMILES string of the molecule is CCCCN(COCC)Cc1cccc(CN(CC2CO2)CC2CO2)c1. The number of ether oxygens (including phenoxy) is 3. The van der Waals surface area contributed by atoms with Gasteiger partial charge in [0.1, 0.15) is 0 Å². The van der Waals surface area contributed by atoms with E-state index >= 15 is 0 Å². The van der Waals surface area contributed by atoms with Gasteiger partial charge in [-0.1, -0.05) is 37.6 Å². The third-order valence-electron chi connectivity index (χ3n) is 4.84. The first-order valence-corrected chi connectivity index (χ1v) is 10.1. The van der Waals surface area contributed by atoms with E-state index in [1.807, 2.05) is 0 Å². The molecule has 2 fully saturated rings. The van der Waals surface area contributed by atoms with Gasteiger partial charge in [0.05, 0.1) is 32.2 Å². The summed E-state index contributed by atoms with van der Waals surface area (Å²) in [5.41, 5.74) is 2.74. The molecule has 146 valence electrons. The molecule has 1 aromatic rings. The lowest BCUT2D eigenvalue weighted by Crippen LogP contribution is -2.31. The van der Waals surface area contributed by atoms with Gasteiger partial charge >= 0.3 is 0 Å². The lowest BCUT2D eigenvalue weighted by Gasteiger charge is -2.23. The second-order valence-corrected chi connectivity index (χ2v) is 7.45. The fourth-order valence-corrected chi connectivity index (χ4v) is 3.26. The van der Waals surface area contributed by atoms with Crippen LogP contribution in [0, 0.1) is 0 Å². The predicted octanol–water partition coefficient (Wildman–Crippen LogP) is 2.88. The van der Waals surface area contributed by atoms with Crippen LogP contribution in [0.2, 0.25) is 0 Å². The molecule has 2 aliphatic rings. The molecule has 5 heteroatoms. The quantitative estimate of drug-likeness (QED) is 0.376. The molecule has 0 aromatic heterocycles. The second-order valence-electron chi connectivity index (χ2n) is 7.45. The Morgan fingerprint density at radius 1 is 1.00 bits per heavy atom. The summed E-state index contributed by atoms with van der Waals surface area (Å²) in [6.07, 6.45) is 3.27. The summed E-state index contributed by atoms with van der Waals surface area (Å²) in [5.74, 6) is 0. The molecule has 2 aliphatic heterocycles. The zero-order valence-electron chi connectivity index (χ0n) is 16.4. The maximum Gasteiger partial charge on any atom is 0.0992 e. The van der Waals surface area contributed by atoms with Crippen molar-refractivity contribution in [1.29, 1.82) is 0 Å². The fraction of sp³-hybridized carbons (Fsp3) is 0.714. The number of nitrogens with zero attached hydrogens (tertiary/aromatic N) is 2. The number of unbranched alkanes of at least 4 members (excludes halogenated alkanes) is 1. The molecule has 1 aromatic carbocycles. The van der Waals surface area contributed by atoms with Gasteiger partial charge < -0.3 is 14.2 Å². The Bertz CT molecular complexity index is 510. The van der Waals surface area contributed by atoms with Gasteiger partial charge in [-0.2, -0.15) is 0 Å². The molecule has 2 atom stereocenters. The average molecular weight is 363 g/mol. The van der Waals surface area contributed by atoms with E-state index in [2.05, 4.69) is 47.9 Å². The third kappa shape index (κ3) is 7.33. The Kier molecular flexibility index (Phi) is 7.89. The van der Waals surface area contributed by atoms with E-state index in [4.69, 9.17) is 14.2 Å². The summed E-state index contributed by atoms with van der Waals surface area (Å²) in [6.45, 7) is 12.6. The highest BCUT2D eigenvalue weighted by Crippen LogP contribution is 2.19. The Morgan fingerprint density at radius 2 is 1.62 bits per heavy atom. The van der Waals surface area contributed by atoms with Crippen molar-refractivity contribution in [2.75, 3.05) is 46.2 Å². The van der Waals surface area contributed by atoms with Crippen molar-refractivity contribution in [3.63, 3.8) is 0 Å². The summed E-state index contributed by atoms with van der Waals surface area (Å²) in [5, 5.41) is 0. The van der Waals surface area contributed by atoms with Gasteiger partial charge in [-0.15, -0.1) is 0 Å². The number of rotatable bonds is 14. The summed E-state index contributed by atoms with van der Waals surface area (Å²) < 4.78 is 16.5. The highest BCUT2D eigenvalue weighted by Gasteiger charge is 2.30. The van der Waals surface area contributed by atoms with Gasteiger partial charge in [-0.25, -0.2) is 0 Å². The zero-order valence-corrected chi connectivity index (χ0v) is 16.4. The maximum absolute atomic E-state index is 5.65. The van der Waals surface area contributed by atoms with E-state index in [1.54, 1.807) is 0 Å². The lowest BCUT2D eigenvalue weighted by atomic mass is 10.1. The molecule has 0 radical (unpaired) electrons. The predicted molar refractivity (Wildman–Crippen MR) is 103 cm³/mol. The monoisotopic (exact) mass is 362 g/mol. The van der Waals surface area contributed by atoms with E-state index in [0.717, 1.165) is 52.5 Å². The van der Waals surface area contributed by atoms with Gasteiger partial charge in [0, 0.05) is 39.3 Å². The molecule has 26 heavy (non-hydrogen) atoms. The van der Waals surface area contributed by atoms with Crippen molar-refractivity contribution in [2.45, 2.75) is 52.0 Å². The molecule has 5 nitrogen and oxygen atoms in total. The van der Waals surface area contributed by atoms with Crippen molar-refractivity contribution < 1.29 is 14.2 Å². The molecular formula is C21H34N2O3. The minimum Gasteiger partial charge on any atom is -0.372 e. The van der Waals surface area contributed by atoms with Crippen LogP contribution in [0.5, 0.6) is 0 Å². The first-order valence-electron chi connectivity index (χ1n) is 10.1. The van der Waals surface area contributed by atoms with E-state index in [-0.39, 0.29) is 0 Å². The van der Waals surface area contributed by atoms with Gasteiger partial charge in [0.2, 0.25) is 0 Å². The molecule has 0 N–H and O–H groups in total. The third-order valence-corrected chi connectivity index (χ3v) is 4.84. The van der Waals surface area contributed by atoms with Crippen LogP contribution >= 0.6 is 0 Å². The molecule has 2 saturated heterocycles. The highest BCUT2D eigenvalue weighted by atomic mass is 16.6. The van der Waals surface area contributed by atoms with E-state index in [9.17, 15) is 0 Å². The molecule has 3 rings (SSSR count).